The highest BCUT2D eigenvalue weighted by Crippen LogP contribution is 2.19. The van der Waals surface area contributed by atoms with E-state index in [9.17, 15) is 9.90 Å². The Kier molecular flexibility index (Phi) is 5.65. The number of ether oxygens (including phenoxy) is 1. The number of carbonyl (C=O) groups is 1. The summed E-state index contributed by atoms with van der Waals surface area (Å²) in [5.74, 6) is 1.58. The maximum absolute atomic E-state index is 12.2. The summed E-state index contributed by atoms with van der Waals surface area (Å²) in [5.41, 5.74) is 0.817. The van der Waals surface area contributed by atoms with E-state index in [2.05, 4.69) is 10.6 Å². The third-order valence-electron chi connectivity index (χ3n) is 3.46. The molecule has 0 aliphatic heterocycles. The molecule has 0 spiro atoms. The Morgan fingerprint density at radius 3 is 2.70 bits per heavy atom. The molecule has 0 aliphatic carbocycles. The second-order valence-corrected chi connectivity index (χ2v) is 5.39. The second kappa shape index (κ2) is 7.69. The summed E-state index contributed by atoms with van der Waals surface area (Å²) in [4.78, 5) is 12.2. The SMILES string of the molecule is COCC(NC(=O)N[C@@H](C)c1cccc(O)c1)c1ccc(C)o1. The summed E-state index contributed by atoms with van der Waals surface area (Å²) in [5, 5.41) is 15.2. The smallest absolute Gasteiger partial charge is 0.315 e. The Labute approximate surface area is 135 Å². The van der Waals surface area contributed by atoms with E-state index in [-0.39, 0.29) is 23.9 Å². The molecule has 6 heteroatoms. The number of hydrogen-bond donors (Lipinski definition) is 3. The lowest BCUT2D eigenvalue weighted by Crippen LogP contribution is -2.40. The molecule has 0 radical (unpaired) electrons. The zero-order valence-corrected chi connectivity index (χ0v) is 13.5. The van der Waals surface area contributed by atoms with Crippen LogP contribution in [0.1, 0.15) is 36.1 Å². The van der Waals surface area contributed by atoms with Gasteiger partial charge in [-0.3, -0.25) is 0 Å². The van der Waals surface area contributed by atoms with Crippen molar-refractivity contribution in [1.29, 1.82) is 0 Å². The highest BCUT2D eigenvalue weighted by molar-refractivity contribution is 5.74. The fourth-order valence-corrected chi connectivity index (χ4v) is 2.28. The van der Waals surface area contributed by atoms with Gasteiger partial charge in [-0.05, 0) is 43.7 Å². The number of methoxy groups -OCH3 is 1. The van der Waals surface area contributed by atoms with Crippen molar-refractivity contribution >= 4 is 6.03 Å². The molecule has 0 aliphatic rings. The zero-order chi connectivity index (χ0) is 16.8. The van der Waals surface area contributed by atoms with E-state index in [1.807, 2.05) is 32.0 Å². The van der Waals surface area contributed by atoms with E-state index in [4.69, 9.17) is 9.15 Å². The van der Waals surface area contributed by atoms with Crippen molar-refractivity contribution in [2.45, 2.75) is 25.9 Å². The first-order valence-electron chi connectivity index (χ1n) is 7.41. The van der Waals surface area contributed by atoms with Crippen molar-refractivity contribution < 1.29 is 19.1 Å². The van der Waals surface area contributed by atoms with E-state index < -0.39 is 0 Å². The molecular weight excluding hydrogens is 296 g/mol. The van der Waals surface area contributed by atoms with Gasteiger partial charge >= 0.3 is 6.03 Å². The van der Waals surface area contributed by atoms with E-state index >= 15 is 0 Å². The fraction of sp³-hybridized carbons (Fsp3) is 0.353. The highest BCUT2D eigenvalue weighted by Gasteiger charge is 2.19. The minimum Gasteiger partial charge on any atom is -0.508 e. The first-order chi connectivity index (χ1) is 11.0. The number of nitrogens with one attached hydrogen (secondary N) is 2. The summed E-state index contributed by atoms with van der Waals surface area (Å²) in [7, 11) is 1.57. The molecule has 3 N–H and O–H groups in total. The molecule has 0 fully saturated rings. The molecule has 1 aromatic heterocycles. The number of hydrogen-bond acceptors (Lipinski definition) is 4. The first kappa shape index (κ1) is 16.9. The molecule has 124 valence electrons. The molecule has 1 aromatic carbocycles. The molecule has 1 unspecified atom stereocenters. The predicted molar refractivity (Wildman–Crippen MR) is 86.3 cm³/mol. The monoisotopic (exact) mass is 318 g/mol. The predicted octanol–water partition coefficient (Wildman–Crippen LogP) is 3.04. The maximum Gasteiger partial charge on any atom is 0.315 e. The number of urea groups is 1. The molecule has 0 saturated carbocycles. The van der Waals surface area contributed by atoms with Crippen LogP contribution in [0.2, 0.25) is 0 Å². The van der Waals surface area contributed by atoms with Gasteiger partial charge in [0, 0.05) is 7.11 Å². The molecule has 2 atom stereocenters. The van der Waals surface area contributed by atoms with Crippen LogP contribution in [-0.2, 0) is 4.74 Å². The van der Waals surface area contributed by atoms with Crippen LogP contribution in [0, 0.1) is 6.92 Å². The number of aryl methyl sites for hydroxylation is 1. The van der Waals surface area contributed by atoms with Crippen molar-refractivity contribution in [3.05, 3.63) is 53.5 Å². The Morgan fingerprint density at radius 2 is 2.09 bits per heavy atom. The van der Waals surface area contributed by atoms with Gasteiger partial charge in [0.2, 0.25) is 0 Å². The Morgan fingerprint density at radius 1 is 1.30 bits per heavy atom. The van der Waals surface area contributed by atoms with Crippen LogP contribution in [-0.4, -0.2) is 24.9 Å². The number of phenolic OH excluding ortho intramolecular Hbond substituents is 1. The number of benzene rings is 1. The lowest BCUT2D eigenvalue weighted by Gasteiger charge is -2.19. The topological polar surface area (TPSA) is 83.7 Å². The van der Waals surface area contributed by atoms with Crippen molar-refractivity contribution in [2.75, 3.05) is 13.7 Å². The van der Waals surface area contributed by atoms with Gasteiger partial charge in [0.05, 0.1) is 12.6 Å². The molecule has 23 heavy (non-hydrogen) atoms. The standard InChI is InChI=1S/C17H22N2O4/c1-11-7-8-16(23-11)15(10-22-3)19-17(21)18-12(2)13-5-4-6-14(20)9-13/h4-9,12,15,20H,10H2,1-3H3,(H2,18,19,21)/t12-,15?/m0/s1. The molecular formula is C17H22N2O4. The van der Waals surface area contributed by atoms with Crippen LogP contribution in [0.5, 0.6) is 5.75 Å². The molecule has 2 aromatic rings. The number of aromatic hydroxyl groups is 1. The summed E-state index contributed by atoms with van der Waals surface area (Å²) < 4.78 is 10.7. The van der Waals surface area contributed by atoms with Crippen LogP contribution in [0.4, 0.5) is 4.79 Å². The van der Waals surface area contributed by atoms with E-state index in [0.29, 0.717) is 12.4 Å². The fourth-order valence-electron chi connectivity index (χ4n) is 2.28. The molecule has 0 bridgehead atoms. The van der Waals surface area contributed by atoms with Crippen molar-refractivity contribution in [2.24, 2.45) is 0 Å². The van der Waals surface area contributed by atoms with E-state index in [0.717, 1.165) is 11.3 Å². The van der Waals surface area contributed by atoms with Gasteiger partial charge in [-0.25, -0.2) is 4.79 Å². The van der Waals surface area contributed by atoms with E-state index in [1.54, 1.807) is 25.3 Å². The highest BCUT2D eigenvalue weighted by atomic mass is 16.5. The molecule has 0 saturated heterocycles. The summed E-state index contributed by atoms with van der Waals surface area (Å²) >= 11 is 0. The normalized spacial score (nSPS) is 13.3. The average Bonchev–Trinajstić information content (AvgIpc) is 2.93. The van der Waals surface area contributed by atoms with Gasteiger partial charge in [-0.15, -0.1) is 0 Å². The Balaban J connectivity index is 1.98. The number of amides is 2. The molecule has 6 nitrogen and oxygen atoms in total. The van der Waals surface area contributed by atoms with Gasteiger partial charge in [0.25, 0.3) is 0 Å². The second-order valence-electron chi connectivity index (χ2n) is 5.39. The van der Waals surface area contributed by atoms with E-state index in [1.165, 1.54) is 0 Å². The number of phenols is 1. The van der Waals surface area contributed by atoms with Gasteiger partial charge < -0.3 is 24.9 Å². The van der Waals surface area contributed by atoms with Gasteiger partial charge in [0.1, 0.15) is 23.3 Å². The van der Waals surface area contributed by atoms with Gasteiger partial charge in [-0.1, -0.05) is 12.1 Å². The summed E-state index contributed by atoms with van der Waals surface area (Å²) in [6.45, 7) is 4.00. The number of carbonyl (C=O) groups excluding carboxylic acids is 1. The average molecular weight is 318 g/mol. The van der Waals surface area contributed by atoms with Crippen molar-refractivity contribution in [3.63, 3.8) is 0 Å². The lowest BCUT2D eigenvalue weighted by molar-refractivity contribution is 0.156. The van der Waals surface area contributed by atoms with Crippen LogP contribution in [0.25, 0.3) is 0 Å². The van der Waals surface area contributed by atoms with Crippen molar-refractivity contribution in [3.8, 4) is 5.75 Å². The van der Waals surface area contributed by atoms with Crippen LogP contribution >= 0.6 is 0 Å². The lowest BCUT2D eigenvalue weighted by atomic mass is 10.1. The number of rotatable bonds is 6. The summed E-state index contributed by atoms with van der Waals surface area (Å²) in [6, 6.07) is 9.49. The minimum atomic E-state index is -0.370. The first-order valence-corrected chi connectivity index (χ1v) is 7.41. The Hall–Kier alpha value is -2.47. The summed E-state index contributed by atoms with van der Waals surface area (Å²) in [6.07, 6.45) is 0. The molecule has 1 heterocycles. The molecule has 2 amide bonds. The largest absolute Gasteiger partial charge is 0.508 e. The van der Waals surface area contributed by atoms with Crippen molar-refractivity contribution in [1.82, 2.24) is 10.6 Å². The van der Waals surface area contributed by atoms with Crippen LogP contribution < -0.4 is 10.6 Å². The minimum absolute atomic E-state index is 0.167. The van der Waals surface area contributed by atoms with Gasteiger partial charge in [0.15, 0.2) is 0 Å². The maximum atomic E-state index is 12.2. The quantitative estimate of drug-likeness (QED) is 0.764. The van der Waals surface area contributed by atoms with Gasteiger partial charge in [-0.2, -0.15) is 0 Å². The Bertz CT molecular complexity index is 654. The molecule has 2 rings (SSSR count). The third-order valence-corrected chi connectivity index (χ3v) is 3.46. The van der Waals surface area contributed by atoms with Crippen LogP contribution in [0.3, 0.4) is 0 Å². The third kappa shape index (κ3) is 4.75. The van der Waals surface area contributed by atoms with Crippen LogP contribution in [0.15, 0.2) is 40.8 Å². The zero-order valence-electron chi connectivity index (χ0n) is 13.5. The number of furan rings is 1.